The van der Waals surface area contributed by atoms with Crippen LogP contribution in [-0.2, 0) is 10.0 Å². The second-order valence-electron chi connectivity index (χ2n) is 6.50. The summed E-state index contributed by atoms with van der Waals surface area (Å²) in [5.41, 5.74) is 1.52. The van der Waals surface area contributed by atoms with E-state index in [1.165, 1.54) is 11.3 Å². The molecule has 1 N–H and O–H groups in total. The molecular weight excluding hydrogens is 356 g/mol. The van der Waals surface area contributed by atoms with Crippen molar-refractivity contribution in [3.63, 3.8) is 0 Å². The minimum atomic E-state index is -3.46. The van der Waals surface area contributed by atoms with E-state index in [-0.39, 0.29) is 10.8 Å². The highest BCUT2D eigenvalue weighted by molar-refractivity contribution is 7.89. The number of anilines is 1. The van der Waals surface area contributed by atoms with Crippen molar-refractivity contribution in [2.75, 3.05) is 18.4 Å². The fraction of sp³-hybridized carbons (Fsp3) is 0.389. The zero-order valence-corrected chi connectivity index (χ0v) is 16.0. The SMILES string of the molecule is Cc1ccsc1C(=O)Nc1ccc(S(=O)(=O)N2CCC(C)CC2)cc1. The molecule has 2 heterocycles. The van der Waals surface area contributed by atoms with Crippen molar-refractivity contribution >= 4 is 33.0 Å². The summed E-state index contributed by atoms with van der Waals surface area (Å²) in [4.78, 5) is 13.2. The Morgan fingerprint density at radius 1 is 1.16 bits per heavy atom. The fourth-order valence-corrected chi connectivity index (χ4v) is 5.17. The first kappa shape index (κ1) is 18.1. The first-order chi connectivity index (χ1) is 11.9. The lowest BCUT2D eigenvalue weighted by molar-refractivity contribution is 0.103. The quantitative estimate of drug-likeness (QED) is 0.881. The number of nitrogens with zero attached hydrogens (tertiary/aromatic N) is 1. The molecule has 3 rings (SSSR count). The number of benzene rings is 1. The second-order valence-corrected chi connectivity index (χ2v) is 9.35. The summed E-state index contributed by atoms with van der Waals surface area (Å²) in [6.07, 6.45) is 1.79. The van der Waals surface area contributed by atoms with Crippen LogP contribution in [0.4, 0.5) is 5.69 Å². The van der Waals surface area contributed by atoms with E-state index >= 15 is 0 Å². The Balaban J connectivity index is 1.71. The van der Waals surface area contributed by atoms with Crippen LogP contribution in [-0.4, -0.2) is 31.7 Å². The van der Waals surface area contributed by atoms with Gasteiger partial charge in [-0.25, -0.2) is 8.42 Å². The van der Waals surface area contributed by atoms with Crippen molar-refractivity contribution in [3.8, 4) is 0 Å². The van der Waals surface area contributed by atoms with E-state index in [1.54, 1.807) is 28.6 Å². The van der Waals surface area contributed by atoms with Gasteiger partial charge in [-0.3, -0.25) is 4.79 Å². The molecule has 0 unspecified atom stereocenters. The number of carbonyl (C=O) groups excluding carboxylic acids is 1. The number of aryl methyl sites for hydroxylation is 1. The number of thiophene rings is 1. The minimum Gasteiger partial charge on any atom is -0.321 e. The molecule has 0 atom stereocenters. The third kappa shape index (κ3) is 3.94. The molecule has 0 bridgehead atoms. The lowest BCUT2D eigenvalue weighted by Gasteiger charge is -2.29. The van der Waals surface area contributed by atoms with Crippen LogP contribution in [0.25, 0.3) is 0 Å². The van der Waals surface area contributed by atoms with Crippen LogP contribution in [0.15, 0.2) is 40.6 Å². The molecule has 5 nitrogen and oxygen atoms in total. The molecule has 0 aliphatic carbocycles. The van der Waals surface area contributed by atoms with E-state index < -0.39 is 10.0 Å². The van der Waals surface area contributed by atoms with Gasteiger partial charge in [0.25, 0.3) is 5.91 Å². The molecule has 1 aliphatic rings. The van der Waals surface area contributed by atoms with Crippen molar-refractivity contribution in [2.45, 2.75) is 31.6 Å². The highest BCUT2D eigenvalue weighted by Gasteiger charge is 2.27. The standard InChI is InChI=1S/C18H22N2O3S2/c1-13-7-10-20(11-8-13)25(22,23)16-5-3-15(4-6-16)19-18(21)17-14(2)9-12-24-17/h3-6,9,12-13H,7-8,10-11H2,1-2H3,(H,19,21). The molecule has 1 saturated heterocycles. The second kappa shape index (κ2) is 7.27. The van der Waals surface area contributed by atoms with E-state index in [0.29, 0.717) is 29.6 Å². The van der Waals surface area contributed by atoms with Crippen LogP contribution in [0.1, 0.15) is 35.0 Å². The van der Waals surface area contributed by atoms with Crippen molar-refractivity contribution in [1.82, 2.24) is 4.31 Å². The van der Waals surface area contributed by atoms with Crippen molar-refractivity contribution in [3.05, 3.63) is 46.2 Å². The Morgan fingerprint density at radius 2 is 1.80 bits per heavy atom. The van der Waals surface area contributed by atoms with Crippen LogP contribution in [0.5, 0.6) is 0 Å². The zero-order chi connectivity index (χ0) is 18.0. The largest absolute Gasteiger partial charge is 0.321 e. The smallest absolute Gasteiger partial charge is 0.265 e. The number of hydrogen-bond acceptors (Lipinski definition) is 4. The lowest BCUT2D eigenvalue weighted by atomic mass is 10.0. The number of hydrogen-bond donors (Lipinski definition) is 1. The summed E-state index contributed by atoms with van der Waals surface area (Å²) in [5, 5.41) is 4.69. The first-order valence-corrected chi connectivity index (χ1v) is 10.7. The van der Waals surface area contributed by atoms with E-state index in [9.17, 15) is 13.2 Å². The highest BCUT2D eigenvalue weighted by Crippen LogP contribution is 2.25. The summed E-state index contributed by atoms with van der Waals surface area (Å²) < 4.78 is 26.9. The normalized spacial score (nSPS) is 16.7. The van der Waals surface area contributed by atoms with Crippen LogP contribution >= 0.6 is 11.3 Å². The Morgan fingerprint density at radius 3 is 2.36 bits per heavy atom. The summed E-state index contributed by atoms with van der Waals surface area (Å²) in [6, 6.07) is 8.30. The molecule has 0 saturated carbocycles. The molecule has 25 heavy (non-hydrogen) atoms. The predicted octanol–water partition coefficient (Wildman–Crippen LogP) is 3.73. The predicted molar refractivity (Wildman–Crippen MR) is 101 cm³/mol. The molecule has 1 aliphatic heterocycles. The molecule has 7 heteroatoms. The van der Waals surface area contributed by atoms with Crippen molar-refractivity contribution in [1.29, 1.82) is 0 Å². The van der Waals surface area contributed by atoms with Crippen molar-refractivity contribution in [2.24, 2.45) is 5.92 Å². The Kier molecular flexibility index (Phi) is 5.27. The summed E-state index contributed by atoms with van der Waals surface area (Å²) in [6.45, 7) is 5.18. The summed E-state index contributed by atoms with van der Waals surface area (Å²) in [5.74, 6) is 0.401. The Hall–Kier alpha value is -1.70. The van der Waals surface area contributed by atoms with Crippen LogP contribution in [0.3, 0.4) is 0 Å². The number of sulfonamides is 1. The van der Waals surface area contributed by atoms with E-state index in [0.717, 1.165) is 18.4 Å². The number of carbonyl (C=O) groups is 1. The van der Waals surface area contributed by atoms with E-state index in [1.807, 2.05) is 18.4 Å². The van der Waals surface area contributed by atoms with Crippen LogP contribution < -0.4 is 5.32 Å². The van der Waals surface area contributed by atoms with Gasteiger partial charge in [-0.1, -0.05) is 6.92 Å². The molecule has 0 radical (unpaired) electrons. The maximum absolute atomic E-state index is 12.7. The van der Waals surface area contributed by atoms with E-state index in [4.69, 9.17) is 0 Å². The average Bonchev–Trinajstić information content (AvgIpc) is 3.02. The van der Waals surface area contributed by atoms with Crippen LogP contribution in [0.2, 0.25) is 0 Å². The summed E-state index contributed by atoms with van der Waals surface area (Å²) in [7, 11) is -3.46. The molecule has 2 aromatic rings. The molecule has 1 aromatic carbocycles. The van der Waals surface area contributed by atoms with E-state index in [2.05, 4.69) is 12.2 Å². The van der Waals surface area contributed by atoms with Gasteiger partial charge in [-0.15, -0.1) is 11.3 Å². The number of amides is 1. The Bertz CT molecular complexity index is 849. The third-order valence-corrected chi connectivity index (χ3v) is 7.49. The molecule has 1 fully saturated rings. The minimum absolute atomic E-state index is 0.173. The maximum Gasteiger partial charge on any atom is 0.265 e. The molecule has 1 amide bonds. The van der Waals surface area contributed by atoms with Gasteiger partial charge in [-0.05, 0) is 67.0 Å². The topological polar surface area (TPSA) is 66.5 Å². The van der Waals surface area contributed by atoms with Gasteiger partial charge in [0.05, 0.1) is 9.77 Å². The number of piperidine rings is 1. The van der Waals surface area contributed by atoms with Crippen LogP contribution in [0, 0.1) is 12.8 Å². The van der Waals surface area contributed by atoms with Gasteiger partial charge < -0.3 is 5.32 Å². The molecule has 0 spiro atoms. The van der Waals surface area contributed by atoms with Gasteiger partial charge in [-0.2, -0.15) is 4.31 Å². The van der Waals surface area contributed by atoms with Gasteiger partial charge in [0.15, 0.2) is 0 Å². The number of rotatable bonds is 4. The Labute approximate surface area is 152 Å². The van der Waals surface area contributed by atoms with Crippen molar-refractivity contribution < 1.29 is 13.2 Å². The highest BCUT2D eigenvalue weighted by atomic mass is 32.2. The third-order valence-electron chi connectivity index (χ3n) is 4.56. The molecule has 134 valence electrons. The monoisotopic (exact) mass is 378 g/mol. The zero-order valence-electron chi connectivity index (χ0n) is 14.4. The molecular formula is C18H22N2O3S2. The summed E-state index contributed by atoms with van der Waals surface area (Å²) >= 11 is 1.39. The number of nitrogens with one attached hydrogen (secondary N) is 1. The van der Waals surface area contributed by atoms with Gasteiger partial charge in [0, 0.05) is 18.8 Å². The average molecular weight is 379 g/mol. The first-order valence-electron chi connectivity index (χ1n) is 8.33. The maximum atomic E-state index is 12.7. The van der Waals surface area contributed by atoms with Gasteiger partial charge in [0.2, 0.25) is 10.0 Å². The van der Waals surface area contributed by atoms with Gasteiger partial charge >= 0.3 is 0 Å². The van der Waals surface area contributed by atoms with Gasteiger partial charge in [0.1, 0.15) is 0 Å². The molecule has 1 aromatic heterocycles. The fourth-order valence-electron chi connectivity index (χ4n) is 2.88. The lowest BCUT2D eigenvalue weighted by Crippen LogP contribution is -2.37.